The molecule has 0 atom stereocenters. The van der Waals surface area contributed by atoms with Crippen molar-refractivity contribution in [3.05, 3.63) is 50.5 Å². The van der Waals surface area contributed by atoms with E-state index < -0.39 is 10.9 Å². The van der Waals surface area contributed by atoms with Gasteiger partial charge in [0.25, 0.3) is 5.69 Å². The summed E-state index contributed by atoms with van der Waals surface area (Å²) < 4.78 is 5.08. The Morgan fingerprint density at radius 2 is 2.24 bits per heavy atom. The number of benzene rings is 1. The topological polar surface area (TPSA) is 85.6 Å². The van der Waals surface area contributed by atoms with Gasteiger partial charge in [-0.3, -0.25) is 10.1 Å². The van der Waals surface area contributed by atoms with Crippen LogP contribution in [0, 0.1) is 10.1 Å². The van der Waals surface area contributed by atoms with Crippen LogP contribution in [0.15, 0.2) is 29.1 Å². The molecule has 0 aliphatic carbocycles. The number of nitrogens with zero attached hydrogens (tertiary/aromatic N) is 3. The lowest BCUT2D eigenvalue weighted by Crippen LogP contribution is -2.11. The molecule has 0 amide bonds. The second-order valence-electron chi connectivity index (χ2n) is 4.42. The van der Waals surface area contributed by atoms with Crippen molar-refractivity contribution in [3.8, 4) is 0 Å². The van der Waals surface area contributed by atoms with E-state index in [2.05, 4.69) is 4.98 Å². The molecule has 2 aromatic rings. The van der Waals surface area contributed by atoms with E-state index in [4.69, 9.17) is 4.74 Å². The van der Waals surface area contributed by atoms with Crippen LogP contribution in [0.4, 0.5) is 11.4 Å². The van der Waals surface area contributed by atoms with Crippen LogP contribution in [0.2, 0.25) is 0 Å². The maximum atomic E-state index is 11.7. The number of anilines is 1. The van der Waals surface area contributed by atoms with E-state index in [0.29, 0.717) is 11.3 Å². The van der Waals surface area contributed by atoms with Crippen molar-refractivity contribution in [2.24, 2.45) is 0 Å². The normalized spacial score (nSPS) is 10.2. The molecule has 0 radical (unpaired) electrons. The summed E-state index contributed by atoms with van der Waals surface area (Å²) in [6.07, 6.45) is 0. The average Bonchev–Trinajstić information content (AvgIpc) is 2.98. The number of hydrogen-bond acceptors (Lipinski definition) is 7. The zero-order valence-electron chi connectivity index (χ0n) is 11.5. The highest BCUT2D eigenvalue weighted by Gasteiger charge is 2.17. The Balaban J connectivity index is 2.12. The second kappa shape index (κ2) is 6.31. The molecule has 110 valence electrons. The molecule has 0 saturated carbocycles. The third kappa shape index (κ3) is 3.54. The van der Waals surface area contributed by atoms with Gasteiger partial charge in [0.05, 0.1) is 10.4 Å². The number of esters is 1. The Bertz CT molecular complexity index is 655. The Morgan fingerprint density at radius 1 is 1.48 bits per heavy atom. The van der Waals surface area contributed by atoms with Gasteiger partial charge in [0, 0.05) is 25.5 Å². The molecule has 0 spiro atoms. The highest BCUT2D eigenvalue weighted by molar-refractivity contribution is 7.07. The largest absolute Gasteiger partial charge is 0.456 e. The number of carbonyl (C=O) groups excluding carboxylic acids is 1. The minimum absolute atomic E-state index is 0.0257. The quantitative estimate of drug-likeness (QED) is 0.479. The van der Waals surface area contributed by atoms with Crippen LogP contribution in [-0.4, -0.2) is 30.0 Å². The molecule has 0 unspecified atom stereocenters. The van der Waals surface area contributed by atoms with Crippen LogP contribution in [0.3, 0.4) is 0 Å². The van der Waals surface area contributed by atoms with Crippen LogP contribution < -0.4 is 4.90 Å². The summed E-state index contributed by atoms with van der Waals surface area (Å²) >= 11 is 1.29. The monoisotopic (exact) mass is 307 g/mol. The Kier molecular flexibility index (Phi) is 4.49. The Labute approximate surface area is 124 Å². The number of nitro groups is 1. The van der Waals surface area contributed by atoms with Gasteiger partial charge in [-0.25, -0.2) is 9.78 Å². The highest BCUT2D eigenvalue weighted by atomic mass is 32.1. The van der Waals surface area contributed by atoms with E-state index in [0.717, 1.165) is 0 Å². The highest BCUT2D eigenvalue weighted by Crippen LogP contribution is 2.28. The molecule has 8 heteroatoms. The van der Waals surface area contributed by atoms with Gasteiger partial charge in [-0.1, -0.05) is 6.07 Å². The first kappa shape index (κ1) is 14.9. The van der Waals surface area contributed by atoms with Crippen LogP contribution >= 0.6 is 11.3 Å². The molecule has 1 aromatic carbocycles. The molecular weight excluding hydrogens is 294 g/mol. The lowest BCUT2D eigenvalue weighted by atomic mass is 10.1. The summed E-state index contributed by atoms with van der Waals surface area (Å²) in [6.45, 7) is -0.0368. The van der Waals surface area contributed by atoms with Crippen molar-refractivity contribution >= 4 is 28.7 Å². The lowest BCUT2D eigenvalue weighted by molar-refractivity contribution is -0.384. The third-order valence-corrected chi connectivity index (χ3v) is 3.32. The average molecular weight is 307 g/mol. The molecule has 0 bridgehead atoms. The zero-order chi connectivity index (χ0) is 15.4. The summed E-state index contributed by atoms with van der Waals surface area (Å²) in [5, 5.41) is 12.6. The molecule has 7 nitrogen and oxygen atoms in total. The smallest absolute Gasteiger partial charge is 0.358 e. The van der Waals surface area contributed by atoms with Gasteiger partial charge in [0.1, 0.15) is 12.3 Å². The third-order valence-electron chi connectivity index (χ3n) is 2.73. The standard InChI is InChI=1S/C13H13N3O4S/c1-15(2)11-4-3-9(5-12(11)16(18)19)6-20-13(17)10-7-21-8-14-10/h3-5,7-8H,6H2,1-2H3. The summed E-state index contributed by atoms with van der Waals surface area (Å²) in [7, 11) is 3.45. The molecule has 0 N–H and O–H groups in total. The second-order valence-corrected chi connectivity index (χ2v) is 5.14. The fourth-order valence-corrected chi connectivity index (χ4v) is 2.24. The van der Waals surface area contributed by atoms with Gasteiger partial charge < -0.3 is 9.64 Å². The Hall–Kier alpha value is -2.48. The molecular formula is C13H13N3O4S. The molecule has 0 aliphatic heterocycles. The van der Waals surface area contributed by atoms with Crippen LogP contribution in [0.1, 0.15) is 16.1 Å². The molecule has 21 heavy (non-hydrogen) atoms. The molecule has 2 rings (SSSR count). The van der Waals surface area contributed by atoms with Gasteiger partial charge in [-0.15, -0.1) is 11.3 Å². The number of rotatable bonds is 5. The Morgan fingerprint density at radius 3 is 2.81 bits per heavy atom. The minimum atomic E-state index is -0.546. The summed E-state index contributed by atoms with van der Waals surface area (Å²) in [6, 6.07) is 4.73. The maximum Gasteiger partial charge on any atom is 0.358 e. The molecule has 1 heterocycles. The summed E-state index contributed by atoms with van der Waals surface area (Å²) in [5.74, 6) is -0.546. The number of hydrogen-bond donors (Lipinski definition) is 0. The predicted molar refractivity (Wildman–Crippen MR) is 78.7 cm³/mol. The van der Waals surface area contributed by atoms with Gasteiger partial charge in [0.2, 0.25) is 0 Å². The van der Waals surface area contributed by atoms with Crippen molar-refractivity contribution in [2.75, 3.05) is 19.0 Å². The molecule has 0 saturated heterocycles. The van der Waals surface area contributed by atoms with Gasteiger partial charge >= 0.3 is 5.97 Å². The minimum Gasteiger partial charge on any atom is -0.456 e. The van der Waals surface area contributed by atoms with E-state index in [1.165, 1.54) is 22.9 Å². The SMILES string of the molecule is CN(C)c1ccc(COC(=O)c2cscn2)cc1[N+](=O)[O-]. The number of ether oxygens (including phenoxy) is 1. The number of carbonyl (C=O) groups is 1. The first-order valence-corrected chi connectivity index (χ1v) is 6.93. The number of thiazole rings is 1. The molecule has 1 aromatic heterocycles. The van der Waals surface area contributed by atoms with E-state index in [1.54, 1.807) is 36.5 Å². The van der Waals surface area contributed by atoms with Gasteiger partial charge in [-0.05, 0) is 11.6 Å². The fraction of sp³-hybridized carbons (Fsp3) is 0.231. The first-order valence-electron chi connectivity index (χ1n) is 5.99. The van der Waals surface area contributed by atoms with Gasteiger partial charge in [-0.2, -0.15) is 0 Å². The molecule has 0 aliphatic rings. The maximum absolute atomic E-state index is 11.7. The fourth-order valence-electron chi connectivity index (χ4n) is 1.72. The first-order chi connectivity index (χ1) is 9.99. The number of nitro benzene ring substituents is 1. The van der Waals surface area contributed by atoms with Crippen LogP contribution in [0.25, 0.3) is 0 Å². The number of aromatic nitrogens is 1. The van der Waals surface area contributed by atoms with Crippen LogP contribution in [0.5, 0.6) is 0 Å². The summed E-state index contributed by atoms with van der Waals surface area (Å²) in [4.78, 5) is 27.8. The zero-order valence-corrected chi connectivity index (χ0v) is 12.3. The molecule has 0 fully saturated rings. The van der Waals surface area contributed by atoms with E-state index in [1.807, 2.05) is 0 Å². The van der Waals surface area contributed by atoms with E-state index >= 15 is 0 Å². The van der Waals surface area contributed by atoms with E-state index in [-0.39, 0.29) is 18.0 Å². The van der Waals surface area contributed by atoms with Crippen molar-refractivity contribution in [2.45, 2.75) is 6.61 Å². The van der Waals surface area contributed by atoms with Gasteiger partial charge in [0.15, 0.2) is 5.69 Å². The lowest BCUT2D eigenvalue weighted by Gasteiger charge is -2.13. The van der Waals surface area contributed by atoms with Crippen molar-refractivity contribution in [1.29, 1.82) is 0 Å². The predicted octanol–water partition coefficient (Wildman–Crippen LogP) is 2.47. The van der Waals surface area contributed by atoms with Crippen molar-refractivity contribution in [1.82, 2.24) is 4.98 Å². The van der Waals surface area contributed by atoms with Crippen molar-refractivity contribution in [3.63, 3.8) is 0 Å². The summed E-state index contributed by atoms with van der Waals surface area (Å²) in [5.41, 5.74) is 2.79. The van der Waals surface area contributed by atoms with E-state index in [9.17, 15) is 14.9 Å². The van der Waals surface area contributed by atoms with Crippen molar-refractivity contribution < 1.29 is 14.5 Å². The van der Waals surface area contributed by atoms with Crippen LogP contribution in [-0.2, 0) is 11.3 Å².